The van der Waals surface area contributed by atoms with Gasteiger partial charge in [0.25, 0.3) is 5.91 Å². The Balaban J connectivity index is 1.68. The highest BCUT2D eigenvalue weighted by atomic mass is 19.1. The predicted molar refractivity (Wildman–Crippen MR) is 118 cm³/mol. The van der Waals surface area contributed by atoms with Crippen LogP contribution in [0.25, 0.3) is 16.9 Å². The zero-order valence-electron chi connectivity index (χ0n) is 17.7. The summed E-state index contributed by atoms with van der Waals surface area (Å²) in [6, 6.07) is 11.0. The number of rotatable bonds is 4. The molecule has 2 amide bonds. The second-order valence-corrected chi connectivity index (χ2v) is 7.13. The first-order chi connectivity index (χ1) is 15.4. The molecule has 0 saturated heterocycles. The summed E-state index contributed by atoms with van der Waals surface area (Å²) < 4.78 is 19.6. The number of nitrogens with one attached hydrogen (secondary N) is 1. The lowest BCUT2D eigenvalue weighted by molar-refractivity contribution is 0.0992. The molecule has 1 N–H and O–H groups in total. The molecule has 0 aliphatic heterocycles. The van der Waals surface area contributed by atoms with Crippen LogP contribution >= 0.6 is 0 Å². The molecular formula is C23H20FN5O3. The second kappa shape index (κ2) is 8.46. The molecule has 0 aliphatic rings. The van der Waals surface area contributed by atoms with Gasteiger partial charge >= 0.3 is 6.09 Å². The number of hydrogen-bond acceptors (Lipinski definition) is 5. The van der Waals surface area contributed by atoms with Gasteiger partial charge in [-0.25, -0.2) is 19.2 Å². The van der Waals surface area contributed by atoms with Crippen LogP contribution in [0.1, 0.15) is 15.9 Å². The van der Waals surface area contributed by atoms with Gasteiger partial charge < -0.3 is 9.64 Å². The molecule has 0 fully saturated rings. The van der Waals surface area contributed by atoms with Gasteiger partial charge in [-0.2, -0.15) is 0 Å². The molecule has 8 nitrogen and oxygen atoms in total. The van der Waals surface area contributed by atoms with Crippen molar-refractivity contribution >= 4 is 29.2 Å². The van der Waals surface area contributed by atoms with Crippen LogP contribution in [0.5, 0.6) is 0 Å². The van der Waals surface area contributed by atoms with Crippen molar-refractivity contribution in [2.75, 3.05) is 24.4 Å². The lowest BCUT2D eigenvalue weighted by atomic mass is 10.1. The number of benzene rings is 1. The topological polar surface area (TPSA) is 88.8 Å². The molecule has 32 heavy (non-hydrogen) atoms. The highest BCUT2D eigenvalue weighted by Gasteiger charge is 2.18. The Hall–Kier alpha value is -4.27. The van der Waals surface area contributed by atoms with Crippen molar-refractivity contribution in [2.24, 2.45) is 0 Å². The summed E-state index contributed by atoms with van der Waals surface area (Å²) in [5.41, 5.74) is 4.00. The molecule has 0 atom stereocenters. The average molecular weight is 433 g/mol. The average Bonchev–Trinajstić information content (AvgIpc) is 3.21. The first kappa shape index (κ1) is 21.0. The quantitative estimate of drug-likeness (QED) is 0.518. The maximum absolute atomic E-state index is 13.2. The first-order valence-corrected chi connectivity index (χ1v) is 9.70. The molecule has 0 saturated carbocycles. The molecule has 0 radical (unpaired) electrons. The van der Waals surface area contributed by atoms with E-state index in [2.05, 4.69) is 20.0 Å². The fraction of sp³-hybridized carbons (Fsp3) is 0.130. The molecule has 3 heterocycles. The Labute approximate surface area is 183 Å². The summed E-state index contributed by atoms with van der Waals surface area (Å²) in [7, 11) is 2.92. The highest BCUT2D eigenvalue weighted by molar-refractivity contribution is 6.06. The van der Waals surface area contributed by atoms with Crippen molar-refractivity contribution in [3.05, 3.63) is 78.0 Å². The number of anilines is 2. The fourth-order valence-electron chi connectivity index (χ4n) is 3.29. The number of carbonyl (C=O) groups is 2. The van der Waals surface area contributed by atoms with E-state index in [-0.39, 0.29) is 11.7 Å². The number of amides is 2. The van der Waals surface area contributed by atoms with E-state index in [1.165, 1.54) is 24.1 Å². The van der Waals surface area contributed by atoms with Crippen molar-refractivity contribution in [1.82, 2.24) is 14.4 Å². The summed E-state index contributed by atoms with van der Waals surface area (Å²) in [4.78, 5) is 34.6. The predicted octanol–water partition coefficient (Wildman–Crippen LogP) is 4.30. The van der Waals surface area contributed by atoms with E-state index in [4.69, 9.17) is 0 Å². The van der Waals surface area contributed by atoms with Gasteiger partial charge in [0.05, 0.1) is 24.6 Å². The van der Waals surface area contributed by atoms with Crippen LogP contribution in [0, 0.1) is 12.7 Å². The van der Waals surface area contributed by atoms with E-state index in [0.29, 0.717) is 22.7 Å². The number of carbonyl (C=O) groups excluding carboxylic acids is 2. The molecule has 0 aliphatic carbocycles. The van der Waals surface area contributed by atoms with Gasteiger partial charge in [-0.15, -0.1) is 0 Å². The van der Waals surface area contributed by atoms with Crippen molar-refractivity contribution in [3.63, 3.8) is 0 Å². The van der Waals surface area contributed by atoms with Crippen LogP contribution in [0.15, 0.2) is 61.1 Å². The van der Waals surface area contributed by atoms with Crippen LogP contribution in [0.4, 0.5) is 20.7 Å². The van der Waals surface area contributed by atoms with E-state index in [1.807, 2.05) is 17.4 Å². The van der Waals surface area contributed by atoms with Crippen molar-refractivity contribution < 1.29 is 18.7 Å². The lowest BCUT2D eigenvalue weighted by Crippen LogP contribution is -2.27. The van der Waals surface area contributed by atoms with Gasteiger partial charge in [-0.3, -0.25) is 14.5 Å². The molecular weight excluding hydrogens is 413 g/mol. The van der Waals surface area contributed by atoms with Gasteiger partial charge in [0.1, 0.15) is 17.3 Å². The molecule has 0 bridgehead atoms. The third kappa shape index (κ3) is 4.00. The van der Waals surface area contributed by atoms with Gasteiger partial charge in [0.2, 0.25) is 0 Å². The van der Waals surface area contributed by atoms with E-state index in [0.717, 1.165) is 16.8 Å². The molecule has 162 valence electrons. The van der Waals surface area contributed by atoms with Crippen LogP contribution in [-0.4, -0.2) is 40.5 Å². The van der Waals surface area contributed by atoms with Gasteiger partial charge in [0.15, 0.2) is 0 Å². The summed E-state index contributed by atoms with van der Waals surface area (Å²) in [5, 5.41) is 2.50. The van der Waals surface area contributed by atoms with Crippen LogP contribution in [0.3, 0.4) is 0 Å². The number of aryl methyl sites for hydroxylation is 1. The maximum Gasteiger partial charge on any atom is 0.412 e. The number of halogens is 1. The van der Waals surface area contributed by atoms with Crippen molar-refractivity contribution in [1.29, 1.82) is 0 Å². The molecule has 0 unspecified atom stereocenters. The number of aromatic nitrogens is 3. The van der Waals surface area contributed by atoms with E-state index in [9.17, 15) is 14.0 Å². The van der Waals surface area contributed by atoms with E-state index >= 15 is 0 Å². The summed E-state index contributed by atoms with van der Waals surface area (Å²) >= 11 is 0. The highest BCUT2D eigenvalue weighted by Crippen LogP contribution is 2.25. The third-order valence-electron chi connectivity index (χ3n) is 5.08. The number of methoxy groups -OCH3 is 1. The number of ether oxygens (including phenoxy) is 1. The SMILES string of the molecule is COC(=O)Nc1ccc(-c2cnc3cc(C)c(C(=O)N(C)c4ccc(F)cc4)cn23)cn1. The van der Waals surface area contributed by atoms with Gasteiger partial charge in [-0.1, -0.05) is 0 Å². The van der Waals surface area contributed by atoms with Crippen molar-refractivity contribution in [2.45, 2.75) is 6.92 Å². The monoisotopic (exact) mass is 433 g/mol. The smallest absolute Gasteiger partial charge is 0.412 e. The third-order valence-corrected chi connectivity index (χ3v) is 5.08. The number of fused-ring (bicyclic) bond motifs is 1. The number of nitrogens with zero attached hydrogens (tertiary/aromatic N) is 4. The van der Waals surface area contributed by atoms with Gasteiger partial charge in [0, 0.05) is 30.7 Å². The largest absolute Gasteiger partial charge is 0.453 e. The Kier molecular flexibility index (Phi) is 5.55. The molecule has 4 rings (SSSR count). The first-order valence-electron chi connectivity index (χ1n) is 9.70. The second-order valence-electron chi connectivity index (χ2n) is 7.13. The number of pyridine rings is 2. The van der Waals surface area contributed by atoms with Crippen LogP contribution in [0.2, 0.25) is 0 Å². The molecule has 1 aromatic carbocycles. The van der Waals surface area contributed by atoms with Crippen LogP contribution in [-0.2, 0) is 4.74 Å². The lowest BCUT2D eigenvalue weighted by Gasteiger charge is -2.19. The Bertz CT molecular complexity index is 1300. The summed E-state index contributed by atoms with van der Waals surface area (Å²) in [5.74, 6) is -0.245. The van der Waals surface area contributed by atoms with E-state index < -0.39 is 6.09 Å². The van der Waals surface area contributed by atoms with E-state index in [1.54, 1.807) is 49.9 Å². The molecule has 3 aromatic heterocycles. The Morgan fingerprint density at radius 1 is 1.09 bits per heavy atom. The molecule has 0 spiro atoms. The zero-order chi connectivity index (χ0) is 22.8. The van der Waals surface area contributed by atoms with Gasteiger partial charge in [-0.05, 0) is 55.0 Å². The maximum atomic E-state index is 13.2. The summed E-state index contributed by atoms with van der Waals surface area (Å²) in [6.07, 6.45) is 4.41. The Morgan fingerprint density at radius 2 is 1.84 bits per heavy atom. The molecule has 9 heteroatoms. The standard InChI is InChI=1S/C23H20FN5O3/c1-14-10-21-26-12-19(15-4-9-20(25-11-15)27-23(31)32-3)29(21)13-18(14)22(30)28(2)17-7-5-16(24)6-8-17/h4-13H,1-3H3,(H,25,27,31). The number of imidazole rings is 1. The molecule has 4 aromatic rings. The minimum atomic E-state index is -0.607. The zero-order valence-corrected chi connectivity index (χ0v) is 17.7. The van der Waals surface area contributed by atoms with Crippen molar-refractivity contribution in [3.8, 4) is 11.3 Å². The Morgan fingerprint density at radius 3 is 2.50 bits per heavy atom. The normalized spacial score (nSPS) is 10.8. The minimum Gasteiger partial charge on any atom is -0.453 e. The minimum absolute atomic E-state index is 0.230. The van der Waals surface area contributed by atoms with Crippen LogP contribution < -0.4 is 10.2 Å². The summed E-state index contributed by atoms with van der Waals surface area (Å²) in [6.45, 7) is 1.84. The fourth-order valence-corrected chi connectivity index (χ4v) is 3.29. The number of hydrogen-bond donors (Lipinski definition) is 1.